The summed E-state index contributed by atoms with van der Waals surface area (Å²) in [6.07, 6.45) is 1.60. The maximum absolute atomic E-state index is 13.1. The number of carbonyl (C=O) groups is 1. The SMILES string of the molecule is CC(/C=C/c1cc(F)ccc1F)NC(=O)O. The number of nitrogens with one attached hydrogen (secondary N) is 1. The molecule has 0 bridgehead atoms. The first-order valence-electron chi connectivity index (χ1n) is 4.62. The van der Waals surface area contributed by atoms with E-state index in [1.54, 1.807) is 6.92 Å². The highest BCUT2D eigenvalue weighted by Crippen LogP contribution is 2.11. The standard InChI is InChI=1S/C11H11F2NO2/c1-7(14-11(15)16)2-3-8-6-9(12)4-5-10(8)13/h2-7,14H,1H3,(H,15,16)/b3-2+. The van der Waals surface area contributed by atoms with Gasteiger partial charge in [0.1, 0.15) is 11.6 Å². The van der Waals surface area contributed by atoms with Crippen molar-refractivity contribution in [2.24, 2.45) is 0 Å². The van der Waals surface area contributed by atoms with E-state index < -0.39 is 23.8 Å². The highest BCUT2D eigenvalue weighted by Gasteiger charge is 2.03. The predicted octanol–water partition coefficient (Wildman–Crippen LogP) is 2.63. The van der Waals surface area contributed by atoms with E-state index in [9.17, 15) is 13.6 Å². The number of amides is 1. The van der Waals surface area contributed by atoms with Crippen molar-refractivity contribution in [1.29, 1.82) is 0 Å². The highest BCUT2D eigenvalue weighted by molar-refractivity contribution is 5.65. The molecule has 2 N–H and O–H groups in total. The maximum atomic E-state index is 13.1. The minimum absolute atomic E-state index is 0.0824. The summed E-state index contributed by atoms with van der Waals surface area (Å²) in [5.74, 6) is -1.10. The lowest BCUT2D eigenvalue weighted by Gasteiger charge is -2.05. The molecule has 3 nitrogen and oxygen atoms in total. The van der Waals surface area contributed by atoms with Gasteiger partial charge in [0, 0.05) is 11.6 Å². The van der Waals surface area contributed by atoms with Crippen molar-refractivity contribution in [1.82, 2.24) is 5.32 Å². The summed E-state index contributed by atoms with van der Waals surface area (Å²) in [5, 5.41) is 10.6. The Labute approximate surface area is 91.4 Å². The molecule has 1 unspecified atom stereocenters. The molecule has 1 atom stereocenters. The Kier molecular flexibility index (Phi) is 3.99. The predicted molar refractivity (Wildman–Crippen MR) is 56.0 cm³/mol. The quantitative estimate of drug-likeness (QED) is 0.833. The van der Waals surface area contributed by atoms with Crippen molar-refractivity contribution in [2.45, 2.75) is 13.0 Å². The van der Waals surface area contributed by atoms with Gasteiger partial charge in [-0.05, 0) is 25.1 Å². The summed E-state index contributed by atoms with van der Waals surface area (Å²) in [7, 11) is 0. The minimum Gasteiger partial charge on any atom is -0.465 e. The smallest absolute Gasteiger partial charge is 0.405 e. The van der Waals surface area contributed by atoms with Gasteiger partial charge in [-0.1, -0.05) is 12.2 Å². The molecule has 1 aromatic rings. The van der Waals surface area contributed by atoms with E-state index in [1.165, 1.54) is 12.2 Å². The van der Waals surface area contributed by atoms with Crippen LogP contribution in [0.2, 0.25) is 0 Å². The van der Waals surface area contributed by atoms with Crippen LogP contribution in [0.4, 0.5) is 13.6 Å². The van der Waals surface area contributed by atoms with Gasteiger partial charge < -0.3 is 10.4 Å². The number of hydrogen-bond acceptors (Lipinski definition) is 1. The van der Waals surface area contributed by atoms with E-state index in [4.69, 9.17) is 5.11 Å². The number of halogens is 2. The van der Waals surface area contributed by atoms with Crippen molar-refractivity contribution in [3.05, 3.63) is 41.5 Å². The van der Waals surface area contributed by atoms with E-state index in [0.717, 1.165) is 18.2 Å². The van der Waals surface area contributed by atoms with Crippen LogP contribution in [0.3, 0.4) is 0 Å². The summed E-state index contributed by atoms with van der Waals surface area (Å²) in [5.41, 5.74) is 0.0824. The molecule has 0 spiro atoms. The van der Waals surface area contributed by atoms with Gasteiger partial charge in [-0.25, -0.2) is 13.6 Å². The van der Waals surface area contributed by atoms with E-state index in [-0.39, 0.29) is 5.56 Å². The molecule has 1 amide bonds. The molecular formula is C11H11F2NO2. The fourth-order valence-electron chi connectivity index (χ4n) is 1.13. The molecule has 0 saturated heterocycles. The zero-order valence-corrected chi connectivity index (χ0v) is 8.58. The number of rotatable bonds is 3. The van der Waals surface area contributed by atoms with Crippen LogP contribution < -0.4 is 5.32 Å². The van der Waals surface area contributed by atoms with Gasteiger partial charge in [0.15, 0.2) is 0 Å². The summed E-state index contributed by atoms with van der Waals surface area (Å²) in [6, 6.07) is 2.61. The zero-order valence-electron chi connectivity index (χ0n) is 8.58. The van der Waals surface area contributed by atoms with Gasteiger partial charge in [0.2, 0.25) is 0 Å². The molecule has 0 radical (unpaired) electrons. The molecule has 0 saturated carbocycles. The minimum atomic E-state index is -1.17. The first kappa shape index (κ1) is 12.2. The topological polar surface area (TPSA) is 49.3 Å². The normalized spacial score (nSPS) is 12.7. The zero-order chi connectivity index (χ0) is 12.1. The monoisotopic (exact) mass is 227 g/mol. The third-order valence-electron chi connectivity index (χ3n) is 1.87. The Morgan fingerprint density at radius 1 is 1.50 bits per heavy atom. The Morgan fingerprint density at radius 3 is 2.81 bits per heavy atom. The van der Waals surface area contributed by atoms with Crippen molar-refractivity contribution in [3.63, 3.8) is 0 Å². The van der Waals surface area contributed by atoms with Gasteiger partial charge in [-0.2, -0.15) is 0 Å². The molecule has 0 aromatic heterocycles. The second-order valence-corrected chi connectivity index (χ2v) is 3.26. The Hall–Kier alpha value is -1.91. The molecule has 1 rings (SSSR count). The molecule has 16 heavy (non-hydrogen) atoms. The summed E-state index contributed by atoms with van der Waals surface area (Å²) in [6.45, 7) is 1.59. The second-order valence-electron chi connectivity index (χ2n) is 3.26. The largest absolute Gasteiger partial charge is 0.465 e. The Bertz CT molecular complexity index is 418. The third kappa shape index (κ3) is 3.68. The summed E-state index contributed by atoms with van der Waals surface area (Å²) >= 11 is 0. The first-order valence-corrected chi connectivity index (χ1v) is 4.62. The van der Waals surface area contributed by atoms with Crippen LogP contribution >= 0.6 is 0 Å². The van der Waals surface area contributed by atoms with Gasteiger partial charge >= 0.3 is 6.09 Å². The molecule has 0 fully saturated rings. The van der Waals surface area contributed by atoms with Crippen LogP contribution in [0.5, 0.6) is 0 Å². The number of benzene rings is 1. The van der Waals surface area contributed by atoms with Gasteiger partial charge in [0.05, 0.1) is 0 Å². The van der Waals surface area contributed by atoms with E-state index in [0.29, 0.717) is 0 Å². The molecule has 5 heteroatoms. The highest BCUT2D eigenvalue weighted by atomic mass is 19.1. The lowest BCUT2D eigenvalue weighted by atomic mass is 10.1. The van der Waals surface area contributed by atoms with Crippen molar-refractivity contribution >= 4 is 12.2 Å². The Balaban J connectivity index is 2.75. The van der Waals surface area contributed by atoms with E-state index in [2.05, 4.69) is 5.32 Å². The fraction of sp³-hybridized carbons (Fsp3) is 0.182. The second kappa shape index (κ2) is 5.25. The Morgan fingerprint density at radius 2 is 2.19 bits per heavy atom. The van der Waals surface area contributed by atoms with E-state index in [1.807, 2.05) is 0 Å². The number of carboxylic acid groups (broad SMARTS) is 1. The van der Waals surface area contributed by atoms with Crippen LogP contribution in [0, 0.1) is 11.6 Å². The fourth-order valence-corrected chi connectivity index (χ4v) is 1.13. The van der Waals surface area contributed by atoms with Gasteiger partial charge in [-0.3, -0.25) is 0 Å². The van der Waals surface area contributed by atoms with Crippen LogP contribution in [-0.4, -0.2) is 17.2 Å². The molecule has 0 aliphatic carbocycles. The third-order valence-corrected chi connectivity index (χ3v) is 1.87. The molecule has 0 aliphatic rings. The maximum Gasteiger partial charge on any atom is 0.405 e. The van der Waals surface area contributed by atoms with Gasteiger partial charge in [-0.15, -0.1) is 0 Å². The molecular weight excluding hydrogens is 216 g/mol. The molecule has 86 valence electrons. The molecule has 0 heterocycles. The molecule has 0 aliphatic heterocycles. The molecule has 1 aromatic carbocycles. The van der Waals surface area contributed by atoms with Crippen LogP contribution in [-0.2, 0) is 0 Å². The first-order chi connectivity index (χ1) is 7.49. The average Bonchev–Trinajstić information content (AvgIpc) is 2.18. The van der Waals surface area contributed by atoms with Crippen LogP contribution in [0.15, 0.2) is 24.3 Å². The number of hydrogen-bond donors (Lipinski definition) is 2. The van der Waals surface area contributed by atoms with Crippen LogP contribution in [0.25, 0.3) is 6.08 Å². The van der Waals surface area contributed by atoms with Gasteiger partial charge in [0.25, 0.3) is 0 Å². The van der Waals surface area contributed by atoms with E-state index >= 15 is 0 Å². The van der Waals surface area contributed by atoms with Crippen molar-refractivity contribution in [3.8, 4) is 0 Å². The summed E-state index contributed by atoms with van der Waals surface area (Å²) in [4.78, 5) is 10.3. The summed E-state index contributed by atoms with van der Waals surface area (Å²) < 4.78 is 25.9. The lowest BCUT2D eigenvalue weighted by molar-refractivity contribution is 0.193. The van der Waals surface area contributed by atoms with Crippen molar-refractivity contribution < 1.29 is 18.7 Å². The average molecular weight is 227 g/mol. The van der Waals surface area contributed by atoms with Crippen LogP contribution in [0.1, 0.15) is 12.5 Å². The van der Waals surface area contributed by atoms with Crippen molar-refractivity contribution in [2.75, 3.05) is 0 Å². The lowest BCUT2D eigenvalue weighted by Crippen LogP contribution is -2.29.